The Bertz CT molecular complexity index is 1610. The third kappa shape index (κ3) is 3.86. The number of carbonyl (C=O) groups is 2. The molecule has 178 valence electrons. The molecule has 1 fully saturated rings. The Kier molecular flexibility index (Phi) is 5.41. The number of nitrogens with one attached hydrogen (secondary N) is 1. The molecule has 6 rings (SSSR count). The summed E-state index contributed by atoms with van der Waals surface area (Å²) in [4.78, 5) is 34.6. The summed E-state index contributed by atoms with van der Waals surface area (Å²) in [5, 5.41) is 9.68. The minimum absolute atomic E-state index is 0.00729. The van der Waals surface area contributed by atoms with Gasteiger partial charge in [-0.2, -0.15) is 14.8 Å². The van der Waals surface area contributed by atoms with Gasteiger partial charge in [0.2, 0.25) is 0 Å². The second-order valence-corrected chi connectivity index (χ2v) is 9.08. The molecule has 1 aliphatic rings. The van der Waals surface area contributed by atoms with Gasteiger partial charge in [0.25, 0.3) is 5.91 Å². The summed E-state index contributed by atoms with van der Waals surface area (Å²) in [6.45, 7) is 4.83. The first-order chi connectivity index (χ1) is 17.6. The number of nitrogens with zero attached hydrogens (tertiary/aromatic N) is 5. The van der Waals surface area contributed by atoms with E-state index in [2.05, 4.69) is 32.8 Å². The van der Waals surface area contributed by atoms with Crippen molar-refractivity contribution in [3.05, 3.63) is 96.6 Å². The summed E-state index contributed by atoms with van der Waals surface area (Å²) in [5.74, 6) is 0.171. The van der Waals surface area contributed by atoms with Crippen LogP contribution in [0.5, 0.6) is 0 Å². The number of hydrogen-bond acceptors (Lipinski definition) is 5. The number of aromatic amines is 1. The second-order valence-electron chi connectivity index (χ2n) is 9.08. The zero-order chi connectivity index (χ0) is 24.6. The van der Waals surface area contributed by atoms with Crippen molar-refractivity contribution >= 4 is 28.2 Å². The van der Waals surface area contributed by atoms with Crippen LogP contribution in [0.2, 0.25) is 0 Å². The van der Waals surface area contributed by atoms with Crippen LogP contribution < -0.4 is 0 Å². The van der Waals surface area contributed by atoms with Crippen molar-refractivity contribution in [2.75, 3.05) is 13.1 Å². The van der Waals surface area contributed by atoms with E-state index < -0.39 is 0 Å². The van der Waals surface area contributed by atoms with Crippen LogP contribution in [0.25, 0.3) is 27.7 Å². The molecule has 1 saturated heterocycles. The van der Waals surface area contributed by atoms with E-state index in [1.807, 2.05) is 41.4 Å². The Hall–Kier alpha value is -4.59. The highest BCUT2D eigenvalue weighted by molar-refractivity contribution is 5.98. The molecule has 5 aromatic rings. The van der Waals surface area contributed by atoms with E-state index in [4.69, 9.17) is 0 Å². The molecule has 5 heterocycles. The highest BCUT2D eigenvalue weighted by Crippen LogP contribution is 2.34. The largest absolute Gasteiger partial charge is 0.343 e. The fourth-order valence-corrected chi connectivity index (χ4v) is 4.96. The van der Waals surface area contributed by atoms with Crippen LogP contribution in [0.1, 0.15) is 34.0 Å². The maximum Gasteiger partial charge on any atom is 0.253 e. The molecule has 0 aliphatic carbocycles. The van der Waals surface area contributed by atoms with Gasteiger partial charge in [0.05, 0.1) is 11.7 Å². The zero-order valence-corrected chi connectivity index (χ0v) is 19.6. The van der Waals surface area contributed by atoms with E-state index in [-0.39, 0.29) is 17.6 Å². The van der Waals surface area contributed by atoms with Gasteiger partial charge in [-0.3, -0.25) is 9.59 Å². The van der Waals surface area contributed by atoms with Crippen molar-refractivity contribution in [3.8, 4) is 11.1 Å². The number of carbonyl (C=O) groups excluding carboxylic acids is 2. The Balaban J connectivity index is 1.22. The van der Waals surface area contributed by atoms with Crippen LogP contribution in [0.15, 0.2) is 79.8 Å². The minimum atomic E-state index is -0.0364. The number of aromatic nitrogens is 5. The van der Waals surface area contributed by atoms with Gasteiger partial charge in [0, 0.05) is 60.0 Å². The number of likely N-dealkylation sites (tertiary alicyclic amines) is 1. The third-order valence-corrected chi connectivity index (χ3v) is 6.87. The summed E-state index contributed by atoms with van der Waals surface area (Å²) >= 11 is 0. The van der Waals surface area contributed by atoms with Crippen LogP contribution in [0.3, 0.4) is 0 Å². The summed E-state index contributed by atoms with van der Waals surface area (Å²) in [6.07, 6.45) is 7.84. The molecular weight excluding hydrogens is 452 g/mol. The van der Waals surface area contributed by atoms with Crippen molar-refractivity contribution in [2.24, 2.45) is 0 Å². The number of hydrogen-bond donors (Lipinski definition) is 1. The minimum Gasteiger partial charge on any atom is -0.343 e. The van der Waals surface area contributed by atoms with Gasteiger partial charge in [0.1, 0.15) is 5.65 Å². The predicted octanol–water partition coefficient (Wildman–Crippen LogP) is 4.20. The maximum atomic E-state index is 13.1. The van der Waals surface area contributed by atoms with Crippen molar-refractivity contribution in [1.29, 1.82) is 0 Å². The van der Waals surface area contributed by atoms with E-state index in [9.17, 15) is 9.59 Å². The molecule has 0 radical (unpaired) electrons. The molecule has 8 heteroatoms. The Labute approximate surface area is 207 Å². The lowest BCUT2D eigenvalue weighted by atomic mass is 10.0. The monoisotopic (exact) mass is 476 g/mol. The lowest BCUT2D eigenvalue weighted by Crippen LogP contribution is -2.28. The SMILES string of the molecule is C=CC(=O)Cc1ccc(C(=O)N2CC[C@H](c3cc4c(-c5cnn6ncccc56)ccnc4[nH]3)C2)cc1. The first-order valence-corrected chi connectivity index (χ1v) is 11.9. The highest BCUT2D eigenvalue weighted by atomic mass is 16.2. The summed E-state index contributed by atoms with van der Waals surface area (Å²) in [6, 6.07) is 15.3. The normalized spacial score (nSPS) is 15.6. The first-order valence-electron chi connectivity index (χ1n) is 11.9. The fourth-order valence-electron chi connectivity index (χ4n) is 4.96. The zero-order valence-electron chi connectivity index (χ0n) is 19.6. The Morgan fingerprint density at radius 3 is 2.78 bits per heavy atom. The van der Waals surface area contributed by atoms with Gasteiger partial charge in [-0.15, -0.1) is 0 Å². The van der Waals surface area contributed by atoms with Gasteiger partial charge < -0.3 is 9.88 Å². The number of allylic oxidation sites excluding steroid dienone is 1. The molecule has 36 heavy (non-hydrogen) atoms. The first kappa shape index (κ1) is 21.9. The van der Waals surface area contributed by atoms with Gasteiger partial charge in [-0.05, 0) is 60.0 Å². The van der Waals surface area contributed by atoms with E-state index in [0.29, 0.717) is 25.1 Å². The molecule has 1 atom stereocenters. The van der Waals surface area contributed by atoms with Gasteiger partial charge in [0.15, 0.2) is 5.78 Å². The van der Waals surface area contributed by atoms with Crippen molar-refractivity contribution in [2.45, 2.75) is 18.8 Å². The topological polar surface area (TPSA) is 96.2 Å². The van der Waals surface area contributed by atoms with E-state index in [1.165, 1.54) is 6.08 Å². The molecule has 0 unspecified atom stereocenters. The molecule has 1 N–H and O–H groups in total. The van der Waals surface area contributed by atoms with Crippen molar-refractivity contribution < 1.29 is 9.59 Å². The summed E-state index contributed by atoms with van der Waals surface area (Å²) < 4.78 is 1.62. The third-order valence-electron chi connectivity index (χ3n) is 6.87. The van der Waals surface area contributed by atoms with Crippen molar-refractivity contribution in [1.82, 2.24) is 29.7 Å². The number of rotatable bonds is 6. The molecule has 4 aromatic heterocycles. The average molecular weight is 477 g/mol. The summed E-state index contributed by atoms with van der Waals surface area (Å²) in [5.41, 5.74) is 6.39. The number of ketones is 1. The number of H-pyrrole nitrogens is 1. The predicted molar refractivity (Wildman–Crippen MR) is 137 cm³/mol. The summed E-state index contributed by atoms with van der Waals surface area (Å²) in [7, 11) is 0. The molecule has 0 spiro atoms. The molecule has 0 saturated carbocycles. The van der Waals surface area contributed by atoms with E-state index >= 15 is 0 Å². The quantitative estimate of drug-likeness (QED) is 0.371. The van der Waals surface area contributed by atoms with Crippen LogP contribution in [-0.4, -0.2) is 54.5 Å². The van der Waals surface area contributed by atoms with Crippen LogP contribution in [-0.2, 0) is 11.2 Å². The fraction of sp³-hybridized carbons (Fsp3) is 0.179. The number of pyridine rings is 1. The molecule has 1 aliphatic heterocycles. The average Bonchev–Trinajstić information content (AvgIpc) is 3.66. The Morgan fingerprint density at radius 1 is 1.08 bits per heavy atom. The second kappa shape index (κ2) is 8.88. The van der Waals surface area contributed by atoms with Crippen LogP contribution in [0, 0.1) is 0 Å². The lowest BCUT2D eigenvalue weighted by molar-refractivity contribution is -0.114. The molecule has 8 nitrogen and oxygen atoms in total. The number of fused-ring (bicyclic) bond motifs is 2. The smallest absolute Gasteiger partial charge is 0.253 e. The maximum absolute atomic E-state index is 13.1. The van der Waals surface area contributed by atoms with Gasteiger partial charge in [-0.25, -0.2) is 4.98 Å². The lowest BCUT2D eigenvalue weighted by Gasteiger charge is -2.16. The van der Waals surface area contributed by atoms with Crippen LogP contribution >= 0.6 is 0 Å². The molecule has 1 amide bonds. The number of amides is 1. The van der Waals surface area contributed by atoms with Crippen molar-refractivity contribution in [3.63, 3.8) is 0 Å². The van der Waals surface area contributed by atoms with Gasteiger partial charge in [-0.1, -0.05) is 18.7 Å². The molecule has 0 bridgehead atoms. The van der Waals surface area contributed by atoms with E-state index in [1.54, 1.807) is 29.2 Å². The molecular formula is C28H24N6O2. The highest BCUT2D eigenvalue weighted by Gasteiger charge is 2.29. The van der Waals surface area contributed by atoms with Crippen LogP contribution in [0.4, 0.5) is 0 Å². The Morgan fingerprint density at radius 2 is 1.94 bits per heavy atom. The standard InChI is InChI=1S/C28H24N6O2/c1-2-21(35)14-18-5-7-19(8-6-18)28(36)33-13-10-20(17-33)25-15-23-22(9-12-29-27(23)32-25)24-16-31-34-26(24)4-3-11-30-34/h2-9,11-12,15-16,20H,1,10,13-14,17H2,(H,29,32)/t20-/m0/s1. The number of benzene rings is 1. The van der Waals surface area contributed by atoms with Gasteiger partial charge >= 0.3 is 0 Å². The van der Waals surface area contributed by atoms with E-state index in [0.717, 1.165) is 45.4 Å². The molecule has 1 aromatic carbocycles.